The molecular weight excluding hydrogens is 583 g/mol. The topological polar surface area (TPSA) is 41.9 Å². The molecule has 0 atom stereocenters. The zero-order valence-corrected chi connectivity index (χ0v) is 26.1. The molecule has 2 aliphatic rings. The molecule has 0 fully saturated rings. The van der Waals surface area contributed by atoms with Crippen LogP contribution in [0, 0.1) is 0 Å². The van der Waals surface area contributed by atoms with Crippen molar-refractivity contribution in [1.29, 1.82) is 0 Å². The van der Waals surface area contributed by atoms with Crippen molar-refractivity contribution >= 4 is 23.6 Å². The molecule has 0 bridgehead atoms. The number of rotatable bonds is 5. The van der Waals surface area contributed by atoms with Crippen LogP contribution in [-0.2, 0) is 0 Å². The van der Waals surface area contributed by atoms with Gasteiger partial charge in [0.2, 0.25) is 0 Å². The third kappa shape index (κ3) is 4.93. The zero-order chi connectivity index (χ0) is 31.9. The van der Waals surface area contributed by atoms with E-state index in [1.165, 1.54) is 22.3 Å². The molecule has 0 saturated heterocycles. The molecule has 1 aromatic heterocycles. The van der Waals surface area contributed by atoms with Crippen LogP contribution in [0.25, 0.3) is 62.0 Å². The van der Waals surface area contributed by atoms with Gasteiger partial charge < -0.3 is 4.81 Å². The van der Waals surface area contributed by atoms with Crippen LogP contribution < -0.4 is 10.3 Å². The van der Waals surface area contributed by atoms with Crippen LogP contribution in [0.3, 0.4) is 0 Å². The Morgan fingerprint density at radius 2 is 0.958 bits per heavy atom. The standard InChI is InChI=1S/C43H29BN4/c1-4-14-30(15-5-1)38-28-33(43-46-41(31-16-6-2-7-17-31)45-42(47-43)32-18-8-3-9-19-32)24-25-35(38)34-26-27-44-39-22-12-10-20-36(39)37-21-11-13-23-40(37)48(44)29-34/h1-29H. The van der Waals surface area contributed by atoms with Gasteiger partial charge in [0.05, 0.1) is 0 Å². The van der Waals surface area contributed by atoms with Crippen molar-refractivity contribution in [2.75, 3.05) is 4.81 Å². The van der Waals surface area contributed by atoms with E-state index in [0.29, 0.717) is 17.5 Å². The highest BCUT2D eigenvalue weighted by atomic mass is 15.1. The number of allylic oxidation sites excluding steroid dienone is 2. The van der Waals surface area contributed by atoms with Gasteiger partial charge in [0.15, 0.2) is 17.5 Å². The Balaban J connectivity index is 1.19. The zero-order valence-electron chi connectivity index (χ0n) is 26.1. The van der Waals surface area contributed by atoms with Crippen LogP contribution >= 0.6 is 0 Å². The average Bonchev–Trinajstić information content (AvgIpc) is 3.18. The SMILES string of the molecule is C1=CC(c2ccc(-c3nc(-c4ccccc4)nc(-c4ccccc4)n3)cc2-c2ccccc2)=CN2B1c1ccccc1-c1ccccc12. The summed E-state index contributed by atoms with van der Waals surface area (Å²) in [4.78, 5) is 17.3. The maximum atomic E-state index is 5.02. The van der Waals surface area contributed by atoms with Crippen LogP contribution in [0.1, 0.15) is 5.56 Å². The Labute approximate surface area is 280 Å². The molecule has 9 rings (SSSR count). The van der Waals surface area contributed by atoms with Gasteiger partial charge in [-0.25, -0.2) is 15.0 Å². The Hall–Kier alpha value is -6.33. The van der Waals surface area contributed by atoms with E-state index in [4.69, 9.17) is 15.0 Å². The Bertz CT molecular complexity index is 2290. The van der Waals surface area contributed by atoms with E-state index in [1.807, 2.05) is 60.7 Å². The number of aromatic nitrogens is 3. The molecule has 0 amide bonds. The van der Waals surface area contributed by atoms with E-state index >= 15 is 0 Å². The Morgan fingerprint density at radius 3 is 1.62 bits per heavy atom. The van der Waals surface area contributed by atoms with Crippen LogP contribution in [0.5, 0.6) is 0 Å². The molecule has 0 N–H and O–H groups in total. The third-order valence-electron chi connectivity index (χ3n) is 9.16. The van der Waals surface area contributed by atoms with Gasteiger partial charge in [-0.2, -0.15) is 0 Å². The first-order valence-electron chi connectivity index (χ1n) is 16.2. The number of nitrogens with zero attached hydrogens (tertiary/aromatic N) is 4. The molecule has 2 aliphatic heterocycles. The van der Waals surface area contributed by atoms with E-state index in [1.54, 1.807) is 0 Å². The van der Waals surface area contributed by atoms with Crippen LogP contribution in [0.2, 0.25) is 0 Å². The molecule has 7 aromatic rings. The molecule has 0 radical (unpaired) electrons. The number of hydrogen-bond donors (Lipinski definition) is 0. The monoisotopic (exact) mass is 612 g/mol. The minimum atomic E-state index is 0.136. The summed E-state index contributed by atoms with van der Waals surface area (Å²) in [5.74, 6) is 4.27. The Kier molecular flexibility index (Phi) is 6.87. The van der Waals surface area contributed by atoms with E-state index in [-0.39, 0.29) is 6.85 Å². The summed E-state index contributed by atoms with van der Waals surface area (Å²) in [6.07, 6.45) is 4.59. The molecule has 224 valence electrons. The number of benzene rings is 6. The van der Waals surface area contributed by atoms with Gasteiger partial charge >= 0.3 is 6.85 Å². The van der Waals surface area contributed by atoms with Crippen LogP contribution in [-0.4, -0.2) is 21.8 Å². The van der Waals surface area contributed by atoms with Gasteiger partial charge in [-0.3, -0.25) is 0 Å². The number of para-hydroxylation sites is 1. The second kappa shape index (κ2) is 11.8. The summed E-state index contributed by atoms with van der Waals surface area (Å²) >= 11 is 0. The molecule has 48 heavy (non-hydrogen) atoms. The molecule has 5 heteroatoms. The van der Waals surface area contributed by atoms with Crippen molar-refractivity contribution in [2.45, 2.75) is 0 Å². The molecule has 0 spiro atoms. The summed E-state index contributed by atoms with van der Waals surface area (Å²) in [7, 11) is 0. The second-order valence-corrected chi connectivity index (χ2v) is 12.1. The second-order valence-electron chi connectivity index (χ2n) is 12.1. The lowest BCUT2D eigenvalue weighted by atomic mass is 9.49. The van der Waals surface area contributed by atoms with Crippen molar-refractivity contribution in [3.63, 3.8) is 0 Å². The lowest BCUT2D eigenvalue weighted by Gasteiger charge is -2.37. The third-order valence-corrected chi connectivity index (χ3v) is 9.16. The van der Waals surface area contributed by atoms with Crippen LogP contribution in [0.15, 0.2) is 176 Å². The van der Waals surface area contributed by atoms with Crippen molar-refractivity contribution in [3.05, 3.63) is 182 Å². The first-order valence-corrected chi connectivity index (χ1v) is 16.2. The first kappa shape index (κ1) is 27.9. The van der Waals surface area contributed by atoms with Gasteiger partial charge in [-0.15, -0.1) is 0 Å². The van der Waals surface area contributed by atoms with Gasteiger partial charge in [-0.05, 0) is 51.6 Å². The van der Waals surface area contributed by atoms with Gasteiger partial charge in [0.25, 0.3) is 0 Å². The fourth-order valence-electron chi connectivity index (χ4n) is 6.85. The normalized spacial score (nSPS) is 13.0. The predicted octanol–water partition coefficient (Wildman–Crippen LogP) is 9.38. The number of anilines is 1. The van der Waals surface area contributed by atoms with Crippen molar-refractivity contribution in [3.8, 4) is 56.4 Å². The van der Waals surface area contributed by atoms with Gasteiger partial charge in [0.1, 0.15) is 0 Å². The molecule has 3 heterocycles. The molecule has 0 unspecified atom stereocenters. The van der Waals surface area contributed by atoms with Crippen molar-refractivity contribution < 1.29 is 0 Å². The molecule has 0 aliphatic carbocycles. The summed E-state index contributed by atoms with van der Waals surface area (Å²) in [5, 5.41) is 0. The highest BCUT2D eigenvalue weighted by molar-refractivity contribution is 6.84. The van der Waals surface area contributed by atoms with E-state index in [2.05, 4.69) is 120 Å². The molecule has 4 nitrogen and oxygen atoms in total. The van der Waals surface area contributed by atoms with Gasteiger partial charge in [-0.1, -0.05) is 158 Å². The number of hydrogen-bond acceptors (Lipinski definition) is 4. The molecular formula is C43H29BN4. The summed E-state index contributed by atoms with van der Waals surface area (Å²) in [6.45, 7) is 0.136. The average molecular weight is 613 g/mol. The highest BCUT2D eigenvalue weighted by Gasteiger charge is 2.34. The van der Waals surface area contributed by atoms with Gasteiger partial charge in [0, 0.05) is 27.9 Å². The highest BCUT2D eigenvalue weighted by Crippen LogP contribution is 2.40. The maximum Gasteiger partial charge on any atom is 0.320 e. The first-order chi connectivity index (χ1) is 23.8. The largest absolute Gasteiger partial charge is 0.382 e. The predicted molar refractivity (Wildman–Crippen MR) is 198 cm³/mol. The minimum absolute atomic E-state index is 0.136. The number of fused-ring (bicyclic) bond motifs is 6. The fraction of sp³-hybridized carbons (Fsp3) is 0. The molecule has 0 saturated carbocycles. The van der Waals surface area contributed by atoms with E-state index < -0.39 is 0 Å². The lowest BCUT2D eigenvalue weighted by Crippen LogP contribution is -2.49. The minimum Gasteiger partial charge on any atom is -0.382 e. The Morgan fingerprint density at radius 1 is 0.417 bits per heavy atom. The fourth-order valence-corrected chi connectivity index (χ4v) is 6.85. The maximum absolute atomic E-state index is 5.02. The summed E-state index contributed by atoms with van der Waals surface area (Å²) < 4.78 is 0. The smallest absolute Gasteiger partial charge is 0.320 e. The molecule has 6 aromatic carbocycles. The van der Waals surface area contributed by atoms with E-state index in [9.17, 15) is 0 Å². The van der Waals surface area contributed by atoms with Crippen molar-refractivity contribution in [1.82, 2.24) is 15.0 Å². The summed E-state index contributed by atoms with van der Waals surface area (Å²) in [6, 6.07) is 54.8. The summed E-state index contributed by atoms with van der Waals surface area (Å²) in [5.41, 5.74) is 12.5. The van der Waals surface area contributed by atoms with Crippen LogP contribution in [0.4, 0.5) is 5.69 Å². The van der Waals surface area contributed by atoms with E-state index in [0.717, 1.165) is 39.0 Å². The lowest BCUT2D eigenvalue weighted by molar-refractivity contribution is 1.07. The van der Waals surface area contributed by atoms with Crippen molar-refractivity contribution in [2.24, 2.45) is 0 Å². The quantitative estimate of drug-likeness (QED) is 0.182.